The SMILES string of the molecule is Cc1cccc(N)c1.NCCS(=O)(=O)O.Nc1ccc2ccccc2c1.Nc1cccc2ccccc12. The van der Waals surface area contributed by atoms with Crippen LogP contribution in [-0.4, -0.2) is 25.3 Å². The van der Waals surface area contributed by atoms with Crippen molar-refractivity contribution in [2.75, 3.05) is 29.5 Å². The highest BCUT2D eigenvalue weighted by atomic mass is 32.2. The van der Waals surface area contributed by atoms with Crippen LogP contribution in [0.25, 0.3) is 21.5 Å². The summed E-state index contributed by atoms with van der Waals surface area (Å²) in [5.41, 5.74) is 25.3. The fraction of sp³-hybridized carbons (Fsp3) is 0.103. The van der Waals surface area contributed by atoms with Gasteiger partial charge in [0.25, 0.3) is 10.1 Å². The highest BCUT2D eigenvalue weighted by Gasteiger charge is 1.98. The second kappa shape index (κ2) is 14.4. The molecule has 0 saturated carbocycles. The normalized spacial score (nSPS) is 10.2. The lowest BCUT2D eigenvalue weighted by atomic mass is 10.1. The topological polar surface area (TPSA) is 158 Å². The zero-order valence-corrected chi connectivity index (χ0v) is 21.6. The van der Waals surface area contributed by atoms with E-state index in [9.17, 15) is 8.42 Å². The minimum Gasteiger partial charge on any atom is -0.399 e. The summed E-state index contributed by atoms with van der Waals surface area (Å²) < 4.78 is 27.3. The van der Waals surface area contributed by atoms with Gasteiger partial charge >= 0.3 is 0 Å². The molecule has 8 heteroatoms. The van der Waals surface area contributed by atoms with Crippen molar-refractivity contribution in [3.63, 3.8) is 0 Å². The summed E-state index contributed by atoms with van der Waals surface area (Å²) in [6, 6.07) is 36.0. The minimum absolute atomic E-state index is 0.0289. The van der Waals surface area contributed by atoms with Gasteiger partial charge in [-0.3, -0.25) is 4.55 Å². The van der Waals surface area contributed by atoms with Crippen LogP contribution in [0.2, 0.25) is 0 Å². The molecule has 0 saturated heterocycles. The van der Waals surface area contributed by atoms with Crippen LogP contribution in [0.1, 0.15) is 5.56 Å². The third kappa shape index (κ3) is 11.0. The number of hydrogen-bond acceptors (Lipinski definition) is 6. The van der Waals surface area contributed by atoms with Crippen LogP contribution in [0.5, 0.6) is 0 Å². The Labute approximate surface area is 218 Å². The lowest BCUT2D eigenvalue weighted by molar-refractivity contribution is 0.483. The minimum atomic E-state index is -3.80. The fourth-order valence-corrected chi connectivity index (χ4v) is 3.58. The molecule has 0 bridgehead atoms. The maximum Gasteiger partial charge on any atom is 0.266 e. The van der Waals surface area contributed by atoms with Crippen molar-refractivity contribution in [3.05, 3.63) is 115 Å². The van der Waals surface area contributed by atoms with Gasteiger partial charge in [0.1, 0.15) is 0 Å². The summed E-state index contributed by atoms with van der Waals surface area (Å²) in [6.07, 6.45) is 0. The van der Waals surface area contributed by atoms with Gasteiger partial charge in [-0.2, -0.15) is 8.42 Å². The van der Waals surface area contributed by atoms with Crippen molar-refractivity contribution in [3.8, 4) is 0 Å². The van der Waals surface area contributed by atoms with Crippen LogP contribution in [0.3, 0.4) is 0 Å². The molecule has 9 N–H and O–H groups in total. The van der Waals surface area contributed by atoms with Crippen LogP contribution < -0.4 is 22.9 Å². The Hall–Kier alpha value is -4.11. The maximum atomic E-state index is 9.71. The Bertz CT molecular complexity index is 1490. The first-order valence-electron chi connectivity index (χ1n) is 11.5. The Balaban J connectivity index is 0.000000177. The van der Waals surface area contributed by atoms with Gasteiger partial charge in [-0.25, -0.2) is 0 Å². The van der Waals surface area contributed by atoms with E-state index in [1.807, 2.05) is 91.9 Å². The number of rotatable bonds is 2. The molecule has 194 valence electrons. The number of nitrogen functional groups attached to an aromatic ring is 3. The Morgan fingerprint density at radius 3 is 1.76 bits per heavy atom. The third-order valence-corrected chi connectivity index (χ3v) is 5.77. The van der Waals surface area contributed by atoms with E-state index in [0.29, 0.717) is 0 Å². The lowest BCUT2D eigenvalue weighted by Crippen LogP contribution is -2.13. The van der Waals surface area contributed by atoms with Gasteiger partial charge < -0.3 is 22.9 Å². The highest BCUT2D eigenvalue weighted by molar-refractivity contribution is 7.85. The largest absolute Gasteiger partial charge is 0.399 e. The zero-order chi connectivity index (χ0) is 27.3. The zero-order valence-electron chi connectivity index (χ0n) is 20.8. The number of nitrogens with two attached hydrogens (primary N) is 4. The van der Waals surface area contributed by atoms with Crippen molar-refractivity contribution in [1.29, 1.82) is 0 Å². The average molecular weight is 519 g/mol. The summed E-state index contributed by atoms with van der Waals surface area (Å²) >= 11 is 0. The molecular weight excluding hydrogens is 484 g/mol. The summed E-state index contributed by atoms with van der Waals surface area (Å²) in [7, 11) is -3.80. The molecule has 37 heavy (non-hydrogen) atoms. The second-order valence-corrected chi connectivity index (χ2v) is 9.74. The van der Waals surface area contributed by atoms with Gasteiger partial charge in [0.05, 0.1) is 5.75 Å². The Morgan fingerprint density at radius 2 is 1.22 bits per heavy atom. The van der Waals surface area contributed by atoms with Gasteiger partial charge in [0.15, 0.2) is 0 Å². The predicted octanol–water partition coefficient (Wildman–Crippen LogP) is 5.25. The highest BCUT2D eigenvalue weighted by Crippen LogP contribution is 2.19. The monoisotopic (exact) mass is 518 g/mol. The van der Waals surface area contributed by atoms with E-state index in [0.717, 1.165) is 22.4 Å². The van der Waals surface area contributed by atoms with Crippen molar-refractivity contribution in [2.24, 2.45) is 5.73 Å². The quantitative estimate of drug-likeness (QED) is 0.158. The van der Waals surface area contributed by atoms with Gasteiger partial charge in [-0.1, -0.05) is 78.9 Å². The molecule has 0 aliphatic heterocycles. The first kappa shape index (κ1) is 29.1. The number of hydrogen-bond donors (Lipinski definition) is 5. The summed E-state index contributed by atoms with van der Waals surface area (Å²) in [6.45, 7) is 2.00. The first-order valence-corrected chi connectivity index (χ1v) is 13.1. The van der Waals surface area contributed by atoms with Gasteiger partial charge in [-0.05, 0) is 59.0 Å². The van der Waals surface area contributed by atoms with Crippen LogP contribution in [0, 0.1) is 6.92 Å². The molecule has 5 rings (SSSR count). The van der Waals surface area contributed by atoms with Crippen LogP contribution >= 0.6 is 0 Å². The Kier molecular flexibility index (Phi) is 11.4. The smallest absolute Gasteiger partial charge is 0.266 e. The van der Waals surface area contributed by atoms with Crippen LogP contribution in [0.4, 0.5) is 17.1 Å². The lowest BCUT2D eigenvalue weighted by Gasteiger charge is -1.98. The molecule has 0 atom stereocenters. The van der Waals surface area contributed by atoms with E-state index in [2.05, 4.69) is 24.3 Å². The van der Waals surface area contributed by atoms with Gasteiger partial charge in [0.2, 0.25) is 0 Å². The van der Waals surface area contributed by atoms with E-state index >= 15 is 0 Å². The molecule has 0 unspecified atom stereocenters. The fourth-order valence-electron chi connectivity index (χ4n) is 3.28. The van der Waals surface area contributed by atoms with Gasteiger partial charge in [0, 0.05) is 29.0 Å². The number of benzene rings is 5. The average Bonchev–Trinajstić information content (AvgIpc) is 2.85. The van der Waals surface area contributed by atoms with Crippen molar-refractivity contribution < 1.29 is 13.0 Å². The first-order chi connectivity index (χ1) is 17.6. The number of anilines is 3. The van der Waals surface area contributed by atoms with E-state index < -0.39 is 10.1 Å². The molecular formula is C29H34N4O3S. The molecule has 5 aromatic rings. The van der Waals surface area contributed by atoms with E-state index in [1.165, 1.54) is 21.7 Å². The maximum absolute atomic E-state index is 9.71. The van der Waals surface area contributed by atoms with Crippen molar-refractivity contribution in [2.45, 2.75) is 6.92 Å². The van der Waals surface area contributed by atoms with E-state index in [1.54, 1.807) is 0 Å². The number of aryl methyl sites for hydroxylation is 1. The molecule has 0 heterocycles. The van der Waals surface area contributed by atoms with E-state index in [-0.39, 0.29) is 12.3 Å². The molecule has 0 aliphatic rings. The summed E-state index contributed by atoms with van der Waals surface area (Å²) in [5.74, 6) is -0.354. The van der Waals surface area contributed by atoms with Crippen LogP contribution in [0.15, 0.2) is 109 Å². The Morgan fingerprint density at radius 1 is 0.649 bits per heavy atom. The summed E-state index contributed by atoms with van der Waals surface area (Å²) in [5, 5.41) is 4.77. The standard InChI is InChI=1S/2C10H9N.C7H9N.C2H7NO3S/c11-10-7-3-5-8-4-1-2-6-9(8)10;11-10-6-5-8-3-1-2-4-9(8)7-10;1-6-3-2-4-7(8)5-6;3-1-2-7(4,5)6/h2*1-7H,11H2;2-5H,8H2,1H3;1-3H2,(H,4,5,6). The molecule has 0 radical (unpaired) electrons. The van der Waals surface area contributed by atoms with Crippen LogP contribution in [-0.2, 0) is 10.1 Å². The van der Waals surface area contributed by atoms with Gasteiger partial charge in [-0.15, -0.1) is 0 Å². The second-order valence-electron chi connectivity index (χ2n) is 8.16. The molecule has 0 aromatic heterocycles. The summed E-state index contributed by atoms with van der Waals surface area (Å²) in [4.78, 5) is 0. The molecule has 7 nitrogen and oxygen atoms in total. The third-order valence-electron chi connectivity index (χ3n) is 5.01. The van der Waals surface area contributed by atoms with Crippen molar-refractivity contribution in [1.82, 2.24) is 0 Å². The molecule has 0 amide bonds. The predicted molar refractivity (Wildman–Crippen MR) is 158 cm³/mol. The molecule has 5 aromatic carbocycles. The van der Waals surface area contributed by atoms with E-state index in [4.69, 9.17) is 27.5 Å². The number of fused-ring (bicyclic) bond motifs is 2. The molecule has 0 aliphatic carbocycles. The molecule has 0 fully saturated rings. The van der Waals surface area contributed by atoms with Crippen molar-refractivity contribution >= 4 is 48.7 Å². The molecule has 0 spiro atoms.